The Morgan fingerprint density at radius 1 is 1.00 bits per heavy atom. The molecule has 0 radical (unpaired) electrons. The fraction of sp³-hybridized carbons (Fsp3) is 0.440. The lowest BCUT2D eigenvalue weighted by atomic mass is 10.1. The number of carbonyl (C=O) groups excluding carboxylic acids is 1. The van der Waals surface area contributed by atoms with Crippen molar-refractivity contribution in [2.75, 3.05) is 46.3 Å². The fourth-order valence-electron chi connectivity index (χ4n) is 3.60. The van der Waals surface area contributed by atoms with Gasteiger partial charge in [0.2, 0.25) is 5.91 Å². The van der Waals surface area contributed by atoms with Gasteiger partial charge in [0.05, 0.1) is 30.8 Å². The summed E-state index contributed by atoms with van der Waals surface area (Å²) < 4.78 is 36.6. The van der Waals surface area contributed by atoms with E-state index in [-0.39, 0.29) is 17.2 Å². The number of hydrogen-bond acceptors (Lipinski definition) is 8. The van der Waals surface area contributed by atoms with Crippen LogP contribution in [0.1, 0.15) is 25.8 Å². The summed E-state index contributed by atoms with van der Waals surface area (Å²) in [5, 5.41) is 0.0701. The van der Waals surface area contributed by atoms with Crippen LogP contribution >= 0.6 is 11.3 Å². The number of rotatable bonds is 11. The fourth-order valence-corrected chi connectivity index (χ4v) is 5.78. The summed E-state index contributed by atoms with van der Waals surface area (Å²) in [4.78, 5) is 22.2. The van der Waals surface area contributed by atoms with E-state index in [1.165, 1.54) is 11.3 Å². The van der Waals surface area contributed by atoms with Crippen molar-refractivity contribution in [2.24, 2.45) is 0 Å². The molecule has 8 nitrogen and oxygen atoms in total. The van der Waals surface area contributed by atoms with Crippen LogP contribution in [0.3, 0.4) is 0 Å². The molecule has 0 saturated heterocycles. The van der Waals surface area contributed by atoms with Gasteiger partial charge in [-0.05, 0) is 70.7 Å². The number of amides is 1. The monoisotopic (exact) mass is 519 g/mol. The van der Waals surface area contributed by atoms with Crippen molar-refractivity contribution in [3.63, 3.8) is 0 Å². The lowest BCUT2D eigenvalue weighted by Crippen LogP contribution is -2.34. The van der Waals surface area contributed by atoms with E-state index in [2.05, 4.69) is 4.90 Å². The first-order chi connectivity index (χ1) is 16.6. The van der Waals surface area contributed by atoms with E-state index >= 15 is 0 Å². The number of thiazole rings is 1. The van der Waals surface area contributed by atoms with Crippen molar-refractivity contribution < 1.29 is 22.7 Å². The van der Waals surface area contributed by atoms with Crippen LogP contribution in [0.5, 0.6) is 11.5 Å². The summed E-state index contributed by atoms with van der Waals surface area (Å²) in [6, 6.07) is 10.2. The number of ether oxygens (including phenoxy) is 2. The first kappa shape index (κ1) is 26.9. The Morgan fingerprint density at radius 2 is 1.63 bits per heavy atom. The smallest absolute Gasteiger partial charge is 0.233 e. The molecule has 0 saturated carbocycles. The maximum absolute atomic E-state index is 13.5. The number of fused-ring (bicyclic) bond motifs is 1. The highest BCUT2D eigenvalue weighted by molar-refractivity contribution is 7.92. The number of sulfone groups is 1. The molecule has 0 spiro atoms. The zero-order valence-electron chi connectivity index (χ0n) is 21.1. The molecule has 0 atom stereocenters. The number of hydrogen-bond donors (Lipinski definition) is 0. The molecule has 10 heteroatoms. The zero-order chi connectivity index (χ0) is 25.8. The minimum Gasteiger partial charge on any atom is -0.495 e. The Bertz CT molecular complexity index is 1230. The highest BCUT2D eigenvalue weighted by Crippen LogP contribution is 2.40. The summed E-state index contributed by atoms with van der Waals surface area (Å²) in [7, 11) is 3.81. The Kier molecular flexibility index (Phi) is 8.74. The summed E-state index contributed by atoms with van der Waals surface area (Å²) in [5.74, 6) is 1.18. The van der Waals surface area contributed by atoms with E-state index in [9.17, 15) is 13.2 Å². The van der Waals surface area contributed by atoms with Crippen molar-refractivity contribution >= 4 is 42.4 Å². The van der Waals surface area contributed by atoms with Crippen LogP contribution in [-0.4, -0.2) is 70.9 Å². The molecule has 0 aliphatic heterocycles. The Labute approximate surface area is 211 Å². The maximum atomic E-state index is 13.5. The van der Waals surface area contributed by atoms with Gasteiger partial charge in [0.15, 0.2) is 15.0 Å². The molecule has 1 heterocycles. The molecule has 0 bridgehead atoms. The normalized spacial score (nSPS) is 11.9. The van der Waals surface area contributed by atoms with Gasteiger partial charge in [0, 0.05) is 6.54 Å². The first-order valence-electron chi connectivity index (χ1n) is 11.4. The van der Waals surface area contributed by atoms with Gasteiger partial charge < -0.3 is 14.4 Å². The third kappa shape index (κ3) is 6.12. The topological polar surface area (TPSA) is 89.0 Å². The average molecular weight is 520 g/mol. The maximum Gasteiger partial charge on any atom is 0.233 e. The van der Waals surface area contributed by atoms with E-state index in [0.29, 0.717) is 28.7 Å². The van der Waals surface area contributed by atoms with Crippen molar-refractivity contribution in [1.29, 1.82) is 0 Å². The molecule has 3 aromatic rings. The molecule has 1 amide bonds. The number of anilines is 1. The standard InChI is InChI=1S/C25H33N3O5S2/c1-17(2)35(30,31)19-10-8-18(9-11-19)16-22(29)28(15-7-14-27(3)4)25-26-23-20(32-5)12-13-21(33-6)24(23)34-25/h8-13,17H,7,14-16H2,1-6H3. The predicted molar refractivity (Wildman–Crippen MR) is 141 cm³/mol. The van der Waals surface area contributed by atoms with Gasteiger partial charge in [-0.25, -0.2) is 13.4 Å². The molecule has 0 N–H and O–H groups in total. The molecular formula is C25H33N3O5S2. The summed E-state index contributed by atoms with van der Waals surface area (Å²) in [5.41, 5.74) is 1.40. The molecule has 35 heavy (non-hydrogen) atoms. The highest BCUT2D eigenvalue weighted by Gasteiger charge is 2.23. The quantitative estimate of drug-likeness (QED) is 0.378. The largest absolute Gasteiger partial charge is 0.495 e. The van der Waals surface area contributed by atoms with E-state index in [1.807, 2.05) is 20.2 Å². The molecule has 0 aliphatic carbocycles. The van der Waals surface area contributed by atoms with Crippen LogP contribution in [0.2, 0.25) is 0 Å². The second-order valence-corrected chi connectivity index (χ2v) is 12.2. The van der Waals surface area contributed by atoms with Gasteiger partial charge in [0.25, 0.3) is 0 Å². The summed E-state index contributed by atoms with van der Waals surface area (Å²) in [6.45, 7) is 4.63. The van der Waals surface area contributed by atoms with Crippen LogP contribution in [0.25, 0.3) is 10.2 Å². The summed E-state index contributed by atoms with van der Waals surface area (Å²) in [6.07, 6.45) is 0.905. The lowest BCUT2D eigenvalue weighted by molar-refractivity contribution is -0.118. The van der Waals surface area contributed by atoms with Crippen molar-refractivity contribution in [1.82, 2.24) is 9.88 Å². The summed E-state index contributed by atoms with van der Waals surface area (Å²) >= 11 is 1.39. The van der Waals surface area contributed by atoms with Crippen LogP contribution in [0.15, 0.2) is 41.3 Å². The second-order valence-electron chi connectivity index (χ2n) is 8.76. The van der Waals surface area contributed by atoms with Crippen LogP contribution in [0, 0.1) is 0 Å². The minimum absolute atomic E-state index is 0.111. The molecule has 0 fully saturated rings. The molecule has 0 unspecified atom stereocenters. The third-order valence-corrected chi connectivity index (χ3v) is 8.91. The van der Waals surface area contributed by atoms with E-state index in [0.717, 1.165) is 23.2 Å². The Balaban J connectivity index is 1.92. The lowest BCUT2D eigenvalue weighted by Gasteiger charge is -2.21. The molecule has 190 valence electrons. The average Bonchev–Trinajstić information content (AvgIpc) is 3.26. The number of nitrogens with zero attached hydrogens (tertiary/aromatic N) is 3. The number of benzene rings is 2. The van der Waals surface area contributed by atoms with E-state index in [4.69, 9.17) is 14.5 Å². The second kappa shape index (κ2) is 11.4. The number of carbonyl (C=O) groups is 1. The van der Waals surface area contributed by atoms with Crippen LogP contribution in [0.4, 0.5) is 5.13 Å². The Morgan fingerprint density at radius 3 is 2.20 bits per heavy atom. The van der Waals surface area contributed by atoms with Gasteiger partial charge >= 0.3 is 0 Å². The molecular weight excluding hydrogens is 486 g/mol. The van der Waals surface area contributed by atoms with Crippen molar-refractivity contribution in [3.05, 3.63) is 42.0 Å². The third-order valence-electron chi connectivity index (χ3n) is 5.65. The zero-order valence-corrected chi connectivity index (χ0v) is 22.7. The van der Waals surface area contributed by atoms with Gasteiger partial charge in [-0.2, -0.15) is 0 Å². The van der Waals surface area contributed by atoms with Crippen molar-refractivity contribution in [2.45, 2.75) is 36.8 Å². The number of aromatic nitrogens is 1. The minimum atomic E-state index is -3.36. The molecule has 1 aromatic heterocycles. The van der Waals surface area contributed by atoms with E-state index in [1.54, 1.807) is 63.3 Å². The van der Waals surface area contributed by atoms with Gasteiger partial charge in [-0.1, -0.05) is 23.5 Å². The van der Waals surface area contributed by atoms with Gasteiger partial charge in [-0.15, -0.1) is 0 Å². The molecule has 3 rings (SSSR count). The first-order valence-corrected chi connectivity index (χ1v) is 13.7. The molecule has 2 aromatic carbocycles. The van der Waals surface area contributed by atoms with E-state index < -0.39 is 15.1 Å². The molecule has 0 aliphatic rings. The number of methoxy groups -OCH3 is 2. The van der Waals surface area contributed by atoms with Gasteiger partial charge in [0.1, 0.15) is 21.7 Å². The van der Waals surface area contributed by atoms with Crippen LogP contribution < -0.4 is 14.4 Å². The van der Waals surface area contributed by atoms with Crippen molar-refractivity contribution in [3.8, 4) is 11.5 Å². The van der Waals surface area contributed by atoms with Gasteiger partial charge in [-0.3, -0.25) is 9.69 Å². The Hall–Kier alpha value is -2.69. The highest BCUT2D eigenvalue weighted by atomic mass is 32.2. The SMILES string of the molecule is COc1ccc(OC)c2sc(N(CCCN(C)C)C(=O)Cc3ccc(S(=O)(=O)C(C)C)cc3)nc12. The van der Waals surface area contributed by atoms with Crippen LogP contribution in [-0.2, 0) is 21.1 Å². The predicted octanol–water partition coefficient (Wildman–Crippen LogP) is 4.02.